The van der Waals surface area contributed by atoms with Gasteiger partial charge in [0.05, 0.1) is 0 Å². The Morgan fingerprint density at radius 3 is 2.30 bits per heavy atom. The van der Waals surface area contributed by atoms with Gasteiger partial charge in [-0.1, -0.05) is 12.1 Å². The van der Waals surface area contributed by atoms with Crippen LogP contribution in [0.2, 0.25) is 0 Å². The van der Waals surface area contributed by atoms with Gasteiger partial charge in [-0.15, -0.1) is 0 Å². The molecular formula is C17H31N3. The number of likely N-dealkylation sites (N-methyl/N-ethyl adjacent to an activating group) is 2. The van der Waals surface area contributed by atoms with Crippen molar-refractivity contribution < 1.29 is 0 Å². The first-order valence-electron chi connectivity index (χ1n) is 7.61. The summed E-state index contributed by atoms with van der Waals surface area (Å²) in [6.45, 7) is 10.9. The molecule has 20 heavy (non-hydrogen) atoms. The Labute approximate surface area is 124 Å². The number of rotatable bonds is 7. The molecule has 0 aliphatic rings. The molecule has 1 aromatic carbocycles. The molecule has 0 aromatic heterocycles. The van der Waals surface area contributed by atoms with E-state index in [1.165, 1.54) is 16.8 Å². The maximum Gasteiger partial charge on any atom is 0.0398 e. The van der Waals surface area contributed by atoms with Crippen LogP contribution in [0.15, 0.2) is 18.2 Å². The van der Waals surface area contributed by atoms with Crippen molar-refractivity contribution in [2.45, 2.75) is 46.2 Å². The Kier molecular flexibility index (Phi) is 6.50. The average molecular weight is 277 g/mol. The van der Waals surface area contributed by atoms with E-state index in [0.717, 1.165) is 19.5 Å². The van der Waals surface area contributed by atoms with Crippen LogP contribution in [0.4, 0.5) is 5.69 Å². The molecule has 1 rings (SSSR count). The number of benzene rings is 1. The number of hydrogen-bond donors (Lipinski definition) is 1. The fraction of sp³-hybridized carbons (Fsp3) is 0.647. The molecule has 114 valence electrons. The zero-order valence-corrected chi connectivity index (χ0v) is 14.0. The van der Waals surface area contributed by atoms with Gasteiger partial charge < -0.3 is 15.5 Å². The van der Waals surface area contributed by atoms with Gasteiger partial charge in [0.15, 0.2) is 0 Å². The van der Waals surface area contributed by atoms with Crippen LogP contribution >= 0.6 is 0 Å². The van der Waals surface area contributed by atoms with E-state index in [9.17, 15) is 0 Å². The molecule has 0 fully saturated rings. The summed E-state index contributed by atoms with van der Waals surface area (Å²) in [5, 5.41) is 0. The van der Waals surface area contributed by atoms with E-state index in [2.05, 4.69) is 69.8 Å². The summed E-state index contributed by atoms with van der Waals surface area (Å²) >= 11 is 0. The van der Waals surface area contributed by atoms with Crippen molar-refractivity contribution in [2.24, 2.45) is 5.73 Å². The summed E-state index contributed by atoms with van der Waals surface area (Å²) in [6.07, 6.45) is 0.945. The van der Waals surface area contributed by atoms with Crippen molar-refractivity contribution in [3.63, 3.8) is 0 Å². The van der Waals surface area contributed by atoms with Crippen molar-refractivity contribution in [2.75, 3.05) is 32.1 Å². The standard InChI is InChI=1S/C17H31N3/c1-7-20(15(4)12-19(5)6)17-9-8-16(10-13(17)2)11-14(3)18/h8-10,14-15H,7,11-12,18H2,1-6H3. The summed E-state index contributed by atoms with van der Waals surface area (Å²) in [6, 6.07) is 7.48. The van der Waals surface area contributed by atoms with E-state index >= 15 is 0 Å². The van der Waals surface area contributed by atoms with Gasteiger partial charge >= 0.3 is 0 Å². The minimum atomic E-state index is 0.218. The quantitative estimate of drug-likeness (QED) is 0.831. The second kappa shape index (κ2) is 7.65. The SMILES string of the molecule is CCN(c1ccc(CC(C)N)cc1C)C(C)CN(C)C. The van der Waals surface area contributed by atoms with Gasteiger partial charge in [0.25, 0.3) is 0 Å². The molecule has 3 heteroatoms. The maximum absolute atomic E-state index is 5.89. The van der Waals surface area contributed by atoms with Gasteiger partial charge in [-0.05, 0) is 65.4 Å². The third-order valence-corrected chi connectivity index (χ3v) is 3.63. The number of hydrogen-bond acceptors (Lipinski definition) is 3. The summed E-state index contributed by atoms with van der Waals surface area (Å²) in [5.41, 5.74) is 9.90. The second-order valence-electron chi connectivity index (χ2n) is 6.20. The molecule has 3 nitrogen and oxygen atoms in total. The van der Waals surface area contributed by atoms with E-state index < -0.39 is 0 Å². The molecule has 2 N–H and O–H groups in total. The lowest BCUT2D eigenvalue weighted by Gasteiger charge is -2.33. The molecule has 0 saturated heterocycles. The lowest BCUT2D eigenvalue weighted by molar-refractivity contribution is 0.373. The van der Waals surface area contributed by atoms with Crippen LogP contribution in [0.3, 0.4) is 0 Å². The Balaban J connectivity index is 2.93. The lowest BCUT2D eigenvalue weighted by atomic mass is 10.0. The van der Waals surface area contributed by atoms with Crippen LogP contribution in [-0.4, -0.2) is 44.2 Å². The lowest BCUT2D eigenvalue weighted by Crippen LogP contribution is -2.40. The highest BCUT2D eigenvalue weighted by atomic mass is 15.2. The molecule has 0 spiro atoms. The Morgan fingerprint density at radius 1 is 1.20 bits per heavy atom. The van der Waals surface area contributed by atoms with Crippen LogP contribution in [0.5, 0.6) is 0 Å². The van der Waals surface area contributed by atoms with Gasteiger partial charge in [-0.25, -0.2) is 0 Å². The first kappa shape index (κ1) is 17.0. The number of nitrogens with zero attached hydrogens (tertiary/aromatic N) is 2. The first-order valence-corrected chi connectivity index (χ1v) is 7.61. The molecular weight excluding hydrogens is 246 g/mol. The maximum atomic E-state index is 5.89. The normalized spacial score (nSPS) is 14.4. The van der Waals surface area contributed by atoms with Gasteiger partial charge in [0, 0.05) is 30.9 Å². The van der Waals surface area contributed by atoms with Crippen LogP contribution in [-0.2, 0) is 6.42 Å². The van der Waals surface area contributed by atoms with Gasteiger partial charge in [-0.2, -0.15) is 0 Å². The monoisotopic (exact) mass is 277 g/mol. The molecule has 0 aliphatic carbocycles. The second-order valence-corrected chi connectivity index (χ2v) is 6.20. The highest BCUT2D eigenvalue weighted by Crippen LogP contribution is 2.24. The van der Waals surface area contributed by atoms with E-state index in [4.69, 9.17) is 5.73 Å². The van der Waals surface area contributed by atoms with Gasteiger partial charge in [0.1, 0.15) is 0 Å². The molecule has 0 amide bonds. The van der Waals surface area contributed by atoms with Crippen molar-refractivity contribution in [3.05, 3.63) is 29.3 Å². The highest BCUT2D eigenvalue weighted by Gasteiger charge is 2.15. The van der Waals surface area contributed by atoms with Gasteiger partial charge in [-0.3, -0.25) is 0 Å². The van der Waals surface area contributed by atoms with E-state index in [1.807, 2.05) is 0 Å². The Morgan fingerprint density at radius 2 is 1.85 bits per heavy atom. The molecule has 0 bridgehead atoms. The van der Waals surface area contributed by atoms with Crippen molar-refractivity contribution in [1.29, 1.82) is 0 Å². The minimum Gasteiger partial charge on any atom is -0.368 e. The Bertz CT molecular complexity index is 413. The summed E-state index contributed by atoms with van der Waals surface area (Å²) in [4.78, 5) is 4.72. The van der Waals surface area contributed by atoms with Crippen LogP contribution in [0, 0.1) is 6.92 Å². The van der Waals surface area contributed by atoms with E-state index in [0.29, 0.717) is 6.04 Å². The molecule has 1 aromatic rings. The molecule has 2 atom stereocenters. The van der Waals surface area contributed by atoms with Crippen molar-refractivity contribution >= 4 is 5.69 Å². The molecule has 0 aliphatic heterocycles. The van der Waals surface area contributed by atoms with Crippen LogP contribution in [0.1, 0.15) is 31.9 Å². The van der Waals surface area contributed by atoms with Crippen molar-refractivity contribution in [3.8, 4) is 0 Å². The fourth-order valence-corrected chi connectivity index (χ4v) is 2.89. The average Bonchev–Trinajstić information content (AvgIpc) is 2.31. The zero-order valence-electron chi connectivity index (χ0n) is 14.0. The third-order valence-electron chi connectivity index (χ3n) is 3.63. The fourth-order valence-electron chi connectivity index (χ4n) is 2.89. The Hall–Kier alpha value is -1.06. The number of anilines is 1. The molecule has 0 radical (unpaired) electrons. The first-order chi connectivity index (χ1) is 9.35. The topological polar surface area (TPSA) is 32.5 Å². The third kappa shape index (κ3) is 4.80. The van der Waals surface area contributed by atoms with Crippen LogP contribution in [0.25, 0.3) is 0 Å². The van der Waals surface area contributed by atoms with Crippen molar-refractivity contribution in [1.82, 2.24) is 4.90 Å². The predicted molar refractivity (Wildman–Crippen MR) is 89.6 cm³/mol. The largest absolute Gasteiger partial charge is 0.368 e. The summed E-state index contributed by atoms with van der Waals surface area (Å²) < 4.78 is 0. The van der Waals surface area contributed by atoms with E-state index in [-0.39, 0.29) is 6.04 Å². The number of nitrogens with two attached hydrogens (primary N) is 1. The summed E-state index contributed by atoms with van der Waals surface area (Å²) in [5.74, 6) is 0. The minimum absolute atomic E-state index is 0.218. The molecule has 2 unspecified atom stereocenters. The van der Waals surface area contributed by atoms with E-state index in [1.54, 1.807) is 0 Å². The number of aryl methyl sites for hydroxylation is 1. The molecule has 0 saturated carbocycles. The van der Waals surface area contributed by atoms with Crippen LogP contribution < -0.4 is 10.6 Å². The predicted octanol–water partition coefficient (Wildman–Crippen LogP) is 2.66. The molecule has 0 heterocycles. The van der Waals surface area contributed by atoms with Gasteiger partial charge in [0.2, 0.25) is 0 Å². The smallest absolute Gasteiger partial charge is 0.0398 e. The highest BCUT2D eigenvalue weighted by molar-refractivity contribution is 5.55. The zero-order chi connectivity index (χ0) is 15.3. The summed E-state index contributed by atoms with van der Waals surface area (Å²) in [7, 11) is 4.26.